The standard InChI is InChI=1S/C19H24BrNO2/c20-19-9-15-6-16(10-19)8-18(7-15,12-19)13-21-17(22)23-11-14-4-2-1-3-5-14/h1-5,15-16H,6-13H2,(H,21,22). The van der Waals surface area contributed by atoms with Crippen molar-refractivity contribution in [3.05, 3.63) is 35.9 Å². The summed E-state index contributed by atoms with van der Waals surface area (Å²) in [6.45, 7) is 1.11. The highest BCUT2D eigenvalue weighted by Gasteiger charge is 2.56. The molecular weight excluding hydrogens is 354 g/mol. The lowest BCUT2D eigenvalue weighted by atomic mass is 9.49. The number of nitrogens with one attached hydrogen (secondary N) is 1. The third-order valence-electron chi connectivity index (χ3n) is 5.93. The van der Waals surface area contributed by atoms with Crippen LogP contribution in [0.3, 0.4) is 0 Å². The topological polar surface area (TPSA) is 38.3 Å². The smallest absolute Gasteiger partial charge is 0.407 e. The maximum atomic E-state index is 12.0. The van der Waals surface area contributed by atoms with E-state index in [2.05, 4.69) is 21.2 Å². The molecule has 0 radical (unpaired) electrons. The number of hydrogen-bond donors (Lipinski definition) is 1. The highest BCUT2D eigenvalue weighted by molar-refractivity contribution is 9.10. The van der Waals surface area contributed by atoms with Gasteiger partial charge in [-0.2, -0.15) is 0 Å². The van der Waals surface area contributed by atoms with Gasteiger partial charge in [0.25, 0.3) is 0 Å². The molecule has 5 rings (SSSR count). The van der Waals surface area contributed by atoms with Crippen LogP contribution in [0.2, 0.25) is 0 Å². The molecule has 0 aromatic heterocycles. The molecule has 2 unspecified atom stereocenters. The van der Waals surface area contributed by atoms with E-state index in [9.17, 15) is 4.79 Å². The molecule has 1 aromatic rings. The zero-order valence-electron chi connectivity index (χ0n) is 13.4. The maximum absolute atomic E-state index is 12.0. The van der Waals surface area contributed by atoms with Crippen LogP contribution in [0.5, 0.6) is 0 Å². The first-order valence-corrected chi connectivity index (χ1v) is 9.47. The lowest BCUT2D eigenvalue weighted by molar-refractivity contribution is -0.0336. The number of carbonyl (C=O) groups excluding carboxylic acids is 1. The molecule has 0 spiro atoms. The fourth-order valence-electron chi connectivity index (χ4n) is 5.58. The van der Waals surface area contributed by atoms with Crippen molar-refractivity contribution in [1.29, 1.82) is 0 Å². The van der Waals surface area contributed by atoms with Crippen LogP contribution in [0.25, 0.3) is 0 Å². The molecule has 1 amide bonds. The molecule has 23 heavy (non-hydrogen) atoms. The highest BCUT2D eigenvalue weighted by atomic mass is 79.9. The van der Waals surface area contributed by atoms with Gasteiger partial charge >= 0.3 is 6.09 Å². The second-order valence-corrected chi connectivity index (χ2v) is 9.71. The summed E-state index contributed by atoms with van der Waals surface area (Å²) >= 11 is 4.02. The summed E-state index contributed by atoms with van der Waals surface area (Å²) in [6.07, 6.45) is 7.51. The fourth-order valence-corrected chi connectivity index (χ4v) is 7.09. The van der Waals surface area contributed by atoms with E-state index in [-0.39, 0.29) is 6.09 Å². The van der Waals surface area contributed by atoms with Crippen LogP contribution in [0, 0.1) is 17.3 Å². The Morgan fingerprint density at radius 1 is 1.17 bits per heavy atom. The zero-order valence-corrected chi connectivity index (χ0v) is 15.0. The number of amides is 1. The van der Waals surface area contributed by atoms with Crippen molar-refractivity contribution in [1.82, 2.24) is 5.32 Å². The zero-order chi connectivity index (χ0) is 15.9. The fraction of sp³-hybridized carbons (Fsp3) is 0.632. The first-order chi connectivity index (χ1) is 11.0. The number of hydrogen-bond acceptors (Lipinski definition) is 2. The van der Waals surface area contributed by atoms with E-state index in [1.807, 2.05) is 30.3 Å². The second kappa shape index (κ2) is 5.80. The van der Waals surface area contributed by atoms with Crippen molar-refractivity contribution >= 4 is 22.0 Å². The quantitative estimate of drug-likeness (QED) is 0.775. The number of ether oxygens (including phenoxy) is 1. The van der Waals surface area contributed by atoms with Crippen LogP contribution < -0.4 is 5.32 Å². The lowest BCUT2D eigenvalue weighted by Gasteiger charge is -2.60. The van der Waals surface area contributed by atoms with Crippen LogP contribution >= 0.6 is 15.9 Å². The Balaban J connectivity index is 1.31. The molecule has 4 aliphatic carbocycles. The van der Waals surface area contributed by atoms with Gasteiger partial charge in [0.1, 0.15) is 6.61 Å². The first-order valence-electron chi connectivity index (χ1n) is 8.68. The molecule has 0 aliphatic heterocycles. The van der Waals surface area contributed by atoms with E-state index in [1.54, 1.807) is 0 Å². The van der Waals surface area contributed by atoms with E-state index < -0.39 is 0 Å². The summed E-state index contributed by atoms with van der Waals surface area (Å²) in [6, 6.07) is 9.83. The molecule has 4 fully saturated rings. The van der Waals surface area contributed by atoms with E-state index in [0.29, 0.717) is 16.3 Å². The Kier molecular flexibility index (Phi) is 3.91. The number of carbonyl (C=O) groups is 1. The Labute approximate surface area is 146 Å². The molecular formula is C19H24BrNO2. The average Bonchev–Trinajstić information content (AvgIpc) is 2.50. The molecule has 1 aromatic carbocycles. The lowest BCUT2D eigenvalue weighted by Crippen LogP contribution is -2.56. The predicted molar refractivity (Wildman–Crippen MR) is 93.4 cm³/mol. The van der Waals surface area contributed by atoms with Crippen molar-refractivity contribution in [2.45, 2.75) is 49.5 Å². The van der Waals surface area contributed by atoms with Gasteiger partial charge in [-0.05, 0) is 61.3 Å². The Bertz CT molecular complexity index is 574. The molecule has 124 valence electrons. The number of halogens is 1. The Hall–Kier alpha value is -1.03. The third-order valence-corrected chi connectivity index (χ3v) is 6.86. The van der Waals surface area contributed by atoms with E-state index in [0.717, 1.165) is 23.9 Å². The summed E-state index contributed by atoms with van der Waals surface area (Å²) < 4.78 is 5.69. The summed E-state index contributed by atoms with van der Waals surface area (Å²) in [7, 11) is 0. The predicted octanol–water partition coefficient (Wildman–Crippen LogP) is 4.65. The largest absolute Gasteiger partial charge is 0.445 e. The summed E-state index contributed by atoms with van der Waals surface area (Å²) in [5.74, 6) is 1.69. The van der Waals surface area contributed by atoms with Gasteiger partial charge in [-0.15, -0.1) is 0 Å². The van der Waals surface area contributed by atoms with Gasteiger partial charge in [0.05, 0.1) is 0 Å². The summed E-state index contributed by atoms with van der Waals surface area (Å²) in [5, 5.41) is 3.05. The van der Waals surface area contributed by atoms with Gasteiger partial charge in [-0.1, -0.05) is 46.3 Å². The number of alkyl halides is 1. The monoisotopic (exact) mass is 377 g/mol. The maximum Gasteiger partial charge on any atom is 0.407 e. The summed E-state index contributed by atoms with van der Waals surface area (Å²) in [4.78, 5) is 12.0. The summed E-state index contributed by atoms with van der Waals surface area (Å²) in [5.41, 5.74) is 1.32. The first kappa shape index (κ1) is 15.5. The Morgan fingerprint density at radius 3 is 2.52 bits per heavy atom. The van der Waals surface area contributed by atoms with Gasteiger partial charge < -0.3 is 10.1 Å². The van der Waals surface area contributed by atoms with E-state index in [4.69, 9.17) is 4.74 Å². The highest BCUT2D eigenvalue weighted by Crippen LogP contribution is 2.64. The molecule has 0 heterocycles. The minimum atomic E-state index is -0.284. The SMILES string of the molecule is O=C(NCC12CC3CC(CC(Br)(C3)C1)C2)OCc1ccccc1. The van der Waals surface area contributed by atoms with Crippen LogP contribution in [-0.2, 0) is 11.3 Å². The number of alkyl carbamates (subject to hydrolysis) is 1. The van der Waals surface area contributed by atoms with Gasteiger partial charge in [0, 0.05) is 10.9 Å². The van der Waals surface area contributed by atoms with Crippen LogP contribution in [0.1, 0.15) is 44.1 Å². The van der Waals surface area contributed by atoms with Gasteiger partial charge in [-0.3, -0.25) is 0 Å². The molecule has 4 bridgehead atoms. The van der Waals surface area contributed by atoms with E-state index in [1.165, 1.54) is 38.5 Å². The van der Waals surface area contributed by atoms with Crippen molar-refractivity contribution < 1.29 is 9.53 Å². The van der Waals surface area contributed by atoms with Crippen LogP contribution in [0.4, 0.5) is 4.79 Å². The molecule has 0 saturated heterocycles. The van der Waals surface area contributed by atoms with Crippen molar-refractivity contribution in [3.63, 3.8) is 0 Å². The molecule has 2 atom stereocenters. The minimum Gasteiger partial charge on any atom is -0.445 e. The van der Waals surface area contributed by atoms with Crippen molar-refractivity contribution in [2.75, 3.05) is 6.54 Å². The van der Waals surface area contributed by atoms with E-state index >= 15 is 0 Å². The van der Waals surface area contributed by atoms with Crippen LogP contribution in [-0.4, -0.2) is 17.0 Å². The number of rotatable bonds is 4. The van der Waals surface area contributed by atoms with Gasteiger partial charge in [0.15, 0.2) is 0 Å². The van der Waals surface area contributed by atoms with Gasteiger partial charge in [-0.25, -0.2) is 4.79 Å². The van der Waals surface area contributed by atoms with Crippen molar-refractivity contribution in [2.24, 2.45) is 17.3 Å². The molecule has 3 nitrogen and oxygen atoms in total. The third kappa shape index (κ3) is 3.28. The Morgan fingerprint density at radius 2 is 1.87 bits per heavy atom. The van der Waals surface area contributed by atoms with Crippen molar-refractivity contribution in [3.8, 4) is 0 Å². The molecule has 4 heteroatoms. The molecule has 4 saturated carbocycles. The minimum absolute atomic E-state index is 0.284. The number of benzene rings is 1. The molecule has 4 aliphatic rings. The molecule has 1 N–H and O–H groups in total. The van der Waals surface area contributed by atoms with Crippen LogP contribution in [0.15, 0.2) is 30.3 Å². The normalized spacial score (nSPS) is 37.6. The average molecular weight is 378 g/mol. The van der Waals surface area contributed by atoms with Gasteiger partial charge in [0.2, 0.25) is 0 Å². The second-order valence-electron chi connectivity index (χ2n) is 8.03.